The molecule has 1 aliphatic heterocycles. The van der Waals surface area contributed by atoms with Crippen LogP contribution in [-0.4, -0.2) is 50.6 Å². The van der Waals surface area contributed by atoms with Crippen LogP contribution in [0.5, 0.6) is 0 Å². The highest BCUT2D eigenvalue weighted by Gasteiger charge is 2.32. The zero-order valence-electron chi connectivity index (χ0n) is 12.1. The van der Waals surface area contributed by atoms with Gasteiger partial charge in [0, 0.05) is 20.2 Å². The minimum Gasteiger partial charge on any atom is -0.478 e. The van der Waals surface area contributed by atoms with Crippen molar-refractivity contribution in [2.24, 2.45) is 5.92 Å². The van der Waals surface area contributed by atoms with Crippen molar-refractivity contribution in [3.63, 3.8) is 0 Å². The summed E-state index contributed by atoms with van der Waals surface area (Å²) in [6.07, 6.45) is 0.755. The SMILES string of the molecule is COCC1CCN(S(=O)(=O)c2ccc(C)c(C(=O)O)c2)C1. The first-order valence-corrected chi connectivity index (χ1v) is 8.13. The Bertz CT molecular complexity index is 641. The molecule has 1 heterocycles. The summed E-state index contributed by atoms with van der Waals surface area (Å²) in [4.78, 5) is 11.2. The number of rotatable bonds is 5. The molecule has 0 radical (unpaired) electrons. The molecule has 6 nitrogen and oxygen atoms in total. The van der Waals surface area contributed by atoms with E-state index in [-0.39, 0.29) is 16.4 Å². The number of hydrogen-bond donors (Lipinski definition) is 1. The van der Waals surface area contributed by atoms with Crippen LogP contribution in [-0.2, 0) is 14.8 Å². The van der Waals surface area contributed by atoms with Gasteiger partial charge in [0.15, 0.2) is 0 Å². The van der Waals surface area contributed by atoms with Gasteiger partial charge in [0.05, 0.1) is 17.1 Å². The van der Waals surface area contributed by atoms with Gasteiger partial charge in [-0.1, -0.05) is 6.07 Å². The largest absolute Gasteiger partial charge is 0.478 e. The van der Waals surface area contributed by atoms with Crippen molar-refractivity contribution in [1.29, 1.82) is 0 Å². The number of sulfonamides is 1. The van der Waals surface area contributed by atoms with Gasteiger partial charge >= 0.3 is 5.97 Å². The van der Waals surface area contributed by atoms with E-state index in [2.05, 4.69) is 0 Å². The van der Waals surface area contributed by atoms with Crippen LogP contribution in [0.3, 0.4) is 0 Å². The quantitative estimate of drug-likeness (QED) is 0.887. The second-order valence-electron chi connectivity index (χ2n) is 5.25. The van der Waals surface area contributed by atoms with Gasteiger partial charge in [-0.15, -0.1) is 0 Å². The van der Waals surface area contributed by atoms with Crippen LogP contribution in [0, 0.1) is 12.8 Å². The van der Waals surface area contributed by atoms with Gasteiger partial charge in [-0.2, -0.15) is 4.31 Å². The maximum Gasteiger partial charge on any atom is 0.335 e. The number of aromatic carboxylic acids is 1. The summed E-state index contributed by atoms with van der Waals surface area (Å²) in [6, 6.07) is 4.22. The molecule has 0 amide bonds. The molecule has 2 rings (SSSR count). The standard InChI is InChI=1S/C14H19NO5S/c1-10-3-4-12(7-13(10)14(16)17)21(18,19)15-6-5-11(8-15)9-20-2/h3-4,7,11H,5-6,8-9H2,1-2H3,(H,16,17). The average molecular weight is 313 g/mol. The molecule has 7 heteroatoms. The van der Waals surface area contributed by atoms with Crippen molar-refractivity contribution in [2.75, 3.05) is 26.8 Å². The lowest BCUT2D eigenvalue weighted by atomic mass is 10.1. The number of methoxy groups -OCH3 is 1. The Kier molecular flexibility index (Phi) is 4.65. The molecule has 0 aromatic heterocycles. The fourth-order valence-electron chi connectivity index (χ4n) is 2.53. The normalized spacial score (nSPS) is 19.8. The first-order valence-electron chi connectivity index (χ1n) is 6.69. The van der Waals surface area contributed by atoms with Crippen molar-refractivity contribution in [2.45, 2.75) is 18.2 Å². The lowest BCUT2D eigenvalue weighted by Gasteiger charge is -2.17. The van der Waals surface area contributed by atoms with Gasteiger partial charge in [0.25, 0.3) is 0 Å². The van der Waals surface area contributed by atoms with E-state index >= 15 is 0 Å². The number of aryl methyl sites for hydroxylation is 1. The van der Waals surface area contributed by atoms with E-state index in [9.17, 15) is 13.2 Å². The summed E-state index contributed by atoms with van der Waals surface area (Å²) in [6.45, 7) is 3.02. The van der Waals surface area contributed by atoms with E-state index in [1.54, 1.807) is 14.0 Å². The van der Waals surface area contributed by atoms with Crippen LogP contribution in [0.1, 0.15) is 22.3 Å². The Morgan fingerprint density at radius 3 is 2.81 bits per heavy atom. The molecule has 116 valence electrons. The Morgan fingerprint density at radius 1 is 1.48 bits per heavy atom. The van der Waals surface area contributed by atoms with E-state index in [1.165, 1.54) is 22.5 Å². The van der Waals surface area contributed by atoms with Crippen LogP contribution in [0.25, 0.3) is 0 Å². The predicted molar refractivity (Wildman–Crippen MR) is 76.9 cm³/mol. The predicted octanol–water partition coefficient (Wildman–Crippen LogP) is 1.35. The molecule has 0 saturated carbocycles. The van der Waals surface area contributed by atoms with E-state index < -0.39 is 16.0 Å². The molecule has 21 heavy (non-hydrogen) atoms. The first-order chi connectivity index (χ1) is 9.86. The minimum atomic E-state index is -3.65. The number of hydrogen-bond acceptors (Lipinski definition) is 4. The van der Waals surface area contributed by atoms with Crippen molar-refractivity contribution >= 4 is 16.0 Å². The summed E-state index contributed by atoms with van der Waals surface area (Å²) in [5.74, 6) is -0.933. The van der Waals surface area contributed by atoms with Gasteiger partial charge in [-0.25, -0.2) is 13.2 Å². The first kappa shape index (κ1) is 15.9. The zero-order chi connectivity index (χ0) is 15.6. The molecule has 0 bridgehead atoms. The highest BCUT2D eigenvalue weighted by molar-refractivity contribution is 7.89. The third-order valence-corrected chi connectivity index (χ3v) is 5.59. The molecule has 0 aliphatic carbocycles. The van der Waals surface area contributed by atoms with Crippen LogP contribution >= 0.6 is 0 Å². The van der Waals surface area contributed by atoms with E-state index in [4.69, 9.17) is 9.84 Å². The lowest BCUT2D eigenvalue weighted by molar-refractivity contribution is 0.0696. The van der Waals surface area contributed by atoms with Gasteiger partial charge in [0.2, 0.25) is 10.0 Å². The van der Waals surface area contributed by atoms with Gasteiger partial charge < -0.3 is 9.84 Å². The molecule has 1 fully saturated rings. The van der Waals surface area contributed by atoms with Gasteiger partial charge in [0.1, 0.15) is 0 Å². The summed E-state index contributed by atoms with van der Waals surface area (Å²) in [7, 11) is -2.05. The molecule has 1 unspecified atom stereocenters. The topological polar surface area (TPSA) is 83.9 Å². The van der Waals surface area contributed by atoms with Crippen molar-refractivity contribution in [1.82, 2.24) is 4.31 Å². The third kappa shape index (κ3) is 3.25. The number of benzene rings is 1. The summed E-state index contributed by atoms with van der Waals surface area (Å²) >= 11 is 0. The van der Waals surface area contributed by atoms with E-state index in [0.29, 0.717) is 25.3 Å². The lowest BCUT2D eigenvalue weighted by Crippen LogP contribution is -2.29. The van der Waals surface area contributed by atoms with Crippen LogP contribution in [0.2, 0.25) is 0 Å². The second-order valence-corrected chi connectivity index (χ2v) is 7.19. The number of carbonyl (C=O) groups is 1. The Labute approximate surface area is 124 Å². The monoisotopic (exact) mass is 313 g/mol. The Morgan fingerprint density at radius 2 is 2.19 bits per heavy atom. The highest BCUT2D eigenvalue weighted by atomic mass is 32.2. The fraction of sp³-hybridized carbons (Fsp3) is 0.500. The summed E-state index contributed by atoms with van der Waals surface area (Å²) in [5, 5.41) is 9.11. The molecule has 0 spiro atoms. The average Bonchev–Trinajstić information content (AvgIpc) is 2.88. The molecule has 1 aliphatic rings. The molecular formula is C14H19NO5S. The number of ether oxygens (including phenoxy) is 1. The van der Waals surface area contributed by atoms with Crippen LogP contribution < -0.4 is 0 Å². The molecule has 1 atom stereocenters. The molecule has 1 saturated heterocycles. The van der Waals surface area contributed by atoms with Crippen LogP contribution in [0.4, 0.5) is 0 Å². The fourth-order valence-corrected chi connectivity index (χ4v) is 4.09. The maximum atomic E-state index is 12.6. The molecule has 1 N–H and O–H groups in total. The van der Waals surface area contributed by atoms with Crippen molar-refractivity contribution in [3.05, 3.63) is 29.3 Å². The third-order valence-electron chi connectivity index (χ3n) is 3.73. The van der Waals surface area contributed by atoms with Gasteiger partial charge in [-0.05, 0) is 37.0 Å². The zero-order valence-corrected chi connectivity index (χ0v) is 12.9. The van der Waals surface area contributed by atoms with Crippen molar-refractivity contribution in [3.8, 4) is 0 Å². The Balaban J connectivity index is 2.28. The summed E-state index contributed by atoms with van der Waals surface area (Å²) < 4.78 is 31.6. The minimum absolute atomic E-state index is 0.0173. The van der Waals surface area contributed by atoms with Crippen molar-refractivity contribution < 1.29 is 23.1 Å². The van der Waals surface area contributed by atoms with Gasteiger partial charge in [-0.3, -0.25) is 0 Å². The number of carboxylic acid groups (broad SMARTS) is 1. The highest BCUT2D eigenvalue weighted by Crippen LogP contribution is 2.25. The second kappa shape index (κ2) is 6.13. The van der Waals surface area contributed by atoms with E-state index in [1.807, 2.05) is 0 Å². The molecule has 1 aromatic rings. The molecular weight excluding hydrogens is 294 g/mol. The Hall–Kier alpha value is -1.44. The smallest absolute Gasteiger partial charge is 0.335 e. The van der Waals surface area contributed by atoms with Crippen LogP contribution in [0.15, 0.2) is 23.1 Å². The molecule has 1 aromatic carbocycles. The number of carboxylic acids is 1. The maximum absolute atomic E-state index is 12.6. The summed E-state index contributed by atoms with van der Waals surface area (Å²) in [5.41, 5.74) is 0.559. The number of nitrogens with zero attached hydrogens (tertiary/aromatic N) is 1. The van der Waals surface area contributed by atoms with E-state index in [0.717, 1.165) is 6.42 Å².